The summed E-state index contributed by atoms with van der Waals surface area (Å²) in [6, 6.07) is 5.86. The largest absolute Gasteiger partial charge is 0.497 e. The van der Waals surface area contributed by atoms with Crippen molar-refractivity contribution in [3.8, 4) is 5.75 Å². The second kappa shape index (κ2) is 7.96. The molecule has 1 saturated heterocycles. The standard InChI is InChI=1S/C28H37N3O5/c1-5-26-11-6-13-31-14-12-27(23(26)31)20-10-9-19(35-4)15-21(20)30(3)24(27)28(34,25(26)36-17(2)32)16-29-22(33)18-7-8-18/h6,9-11,15,18,23-25,34H,5,7-8,12-14,16H2,1-4H3,(H,29,33)/t23-,24+,25+,26+,27+,28-/m0/s1. The normalized spacial score (nSPS) is 38.2. The molecule has 0 aromatic heterocycles. The van der Waals surface area contributed by atoms with Crippen molar-refractivity contribution in [2.24, 2.45) is 11.3 Å². The molecule has 0 bridgehead atoms. The number of carbonyl (C=O) groups excluding carboxylic acids is 2. The minimum atomic E-state index is -1.51. The van der Waals surface area contributed by atoms with Gasteiger partial charge in [0, 0.05) is 55.1 Å². The molecule has 5 aliphatic rings. The third-order valence-corrected chi connectivity index (χ3v) is 9.71. The number of nitrogens with zero attached hydrogens (tertiary/aromatic N) is 2. The van der Waals surface area contributed by atoms with Crippen LogP contribution in [-0.2, 0) is 19.7 Å². The van der Waals surface area contributed by atoms with Crippen LogP contribution in [0.1, 0.15) is 45.1 Å². The third-order valence-electron chi connectivity index (χ3n) is 9.71. The molecule has 1 amide bonds. The van der Waals surface area contributed by atoms with Crippen LogP contribution in [0.15, 0.2) is 30.4 Å². The van der Waals surface area contributed by atoms with E-state index in [1.807, 2.05) is 19.2 Å². The number of ether oxygens (including phenoxy) is 2. The Hall–Kier alpha value is -2.58. The molecular formula is C28H37N3O5. The Morgan fingerprint density at radius 2 is 2.03 bits per heavy atom. The highest BCUT2D eigenvalue weighted by Gasteiger charge is 2.77. The van der Waals surface area contributed by atoms with Gasteiger partial charge in [-0.3, -0.25) is 14.5 Å². The summed E-state index contributed by atoms with van der Waals surface area (Å²) in [7, 11) is 3.67. The number of amides is 1. The predicted octanol–water partition coefficient (Wildman–Crippen LogP) is 1.99. The Morgan fingerprint density at radius 3 is 2.69 bits per heavy atom. The molecule has 8 nitrogen and oxygen atoms in total. The molecule has 1 aromatic carbocycles. The Morgan fingerprint density at radius 1 is 1.25 bits per heavy atom. The van der Waals surface area contributed by atoms with E-state index >= 15 is 0 Å². The van der Waals surface area contributed by atoms with E-state index in [0.29, 0.717) is 6.42 Å². The van der Waals surface area contributed by atoms with Crippen LogP contribution in [-0.4, -0.2) is 79.5 Å². The summed E-state index contributed by atoms with van der Waals surface area (Å²) in [5.41, 5.74) is -0.284. The van der Waals surface area contributed by atoms with Crippen molar-refractivity contribution >= 4 is 17.6 Å². The number of aliphatic hydroxyl groups is 1. The van der Waals surface area contributed by atoms with Crippen LogP contribution in [0.3, 0.4) is 0 Å². The van der Waals surface area contributed by atoms with Gasteiger partial charge in [-0.2, -0.15) is 0 Å². The molecule has 0 unspecified atom stereocenters. The summed E-state index contributed by atoms with van der Waals surface area (Å²) in [4.78, 5) is 30.0. The van der Waals surface area contributed by atoms with Gasteiger partial charge in [0.25, 0.3) is 0 Å². The molecular weight excluding hydrogens is 458 g/mol. The van der Waals surface area contributed by atoms with Gasteiger partial charge in [-0.1, -0.05) is 25.1 Å². The molecule has 2 N–H and O–H groups in total. The zero-order chi connectivity index (χ0) is 25.5. The first-order valence-corrected chi connectivity index (χ1v) is 13.2. The monoisotopic (exact) mass is 495 g/mol. The zero-order valence-corrected chi connectivity index (χ0v) is 21.6. The van der Waals surface area contributed by atoms with Gasteiger partial charge >= 0.3 is 5.97 Å². The molecule has 3 aliphatic heterocycles. The van der Waals surface area contributed by atoms with Crippen LogP contribution >= 0.6 is 0 Å². The summed E-state index contributed by atoms with van der Waals surface area (Å²) in [5, 5.41) is 16.0. The van der Waals surface area contributed by atoms with Crippen molar-refractivity contribution in [1.29, 1.82) is 0 Å². The molecule has 6 rings (SSSR count). The van der Waals surface area contributed by atoms with E-state index in [2.05, 4.69) is 40.3 Å². The maximum atomic E-state index is 12.9. The van der Waals surface area contributed by atoms with E-state index in [1.54, 1.807) is 7.11 Å². The molecule has 1 aromatic rings. The van der Waals surface area contributed by atoms with E-state index in [0.717, 1.165) is 43.8 Å². The first-order chi connectivity index (χ1) is 17.2. The highest BCUT2D eigenvalue weighted by Crippen LogP contribution is 2.67. The van der Waals surface area contributed by atoms with Gasteiger partial charge in [0.05, 0.1) is 19.7 Å². The molecule has 194 valence electrons. The molecule has 2 saturated carbocycles. The Kier molecular flexibility index (Phi) is 5.26. The smallest absolute Gasteiger partial charge is 0.303 e. The number of hydrogen-bond acceptors (Lipinski definition) is 7. The maximum Gasteiger partial charge on any atom is 0.303 e. The van der Waals surface area contributed by atoms with Gasteiger partial charge in [-0.25, -0.2) is 0 Å². The van der Waals surface area contributed by atoms with Crippen LogP contribution in [0, 0.1) is 11.3 Å². The number of likely N-dealkylation sites (N-methyl/N-ethyl adjacent to an activating group) is 1. The van der Waals surface area contributed by atoms with Crippen LogP contribution < -0.4 is 15.0 Å². The third kappa shape index (κ3) is 2.94. The lowest BCUT2D eigenvalue weighted by atomic mass is 9.47. The Bertz CT molecular complexity index is 1130. The van der Waals surface area contributed by atoms with Gasteiger partial charge < -0.3 is 24.8 Å². The van der Waals surface area contributed by atoms with Crippen molar-refractivity contribution < 1.29 is 24.2 Å². The maximum absolute atomic E-state index is 12.9. The van der Waals surface area contributed by atoms with Crippen LogP contribution in [0.25, 0.3) is 0 Å². The van der Waals surface area contributed by atoms with Gasteiger partial charge in [0.2, 0.25) is 5.91 Å². The Labute approximate surface area is 212 Å². The fraction of sp³-hybridized carbons (Fsp3) is 0.643. The summed E-state index contributed by atoms with van der Waals surface area (Å²) >= 11 is 0. The number of anilines is 1. The number of benzene rings is 1. The van der Waals surface area contributed by atoms with Gasteiger partial charge in [-0.05, 0) is 43.9 Å². The number of nitrogens with one attached hydrogen (secondary N) is 1. The summed E-state index contributed by atoms with van der Waals surface area (Å²) in [6.45, 7) is 5.28. The number of carbonyl (C=O) groups is 2. The summed E-state index contributed by atoms with van der Waals surface area (Å²) in [5.74, 6) is 0.331. The quantitative estimate of drug-likeness (QED) is 0.461. The number of methoxy groups -OCH3 is 1. The fourth-order valence-electron chi connectivity index (χ4n) is 8.36. The van der Waals surface area contributed by atoms with E-state index in [9.17, 15) is 14.7 Å². The number of fused-ring (bicyclic) bond motifs is 1. The van der Waals surface area contributed by atoms with E-state index in [-0.39, 0.29) is 24.4 Å². The predicted molar refractivity (Wildman–Crippen MR) is 135 cm³/mol. The molecule has 2 aliphatic carbocycles. The lowest BCUT2D eigenvalue weighted by Gasteiger charge is -2.64. The van der Waals surface area contributed by atoms with Crippen molar-refractivity contribution in [3.05, 3.63) is 35.9 Å². The number of esters is 1. The average molecular weight is 496 g/mol. The summed E-state index contributed by atoms with van der Waals surface area (Å²) in [6.07, 6.45) is 6.88. The topological polar surface area (TPSA) is 91.3 Å². The van der Waals surface area contributed by atoms with Gasteiger partial charge in [0.1, 0.15) is 17.5 Å². The highest BCUT2D eigenvalue weighted by molar-refractivity contribution is 5.81. The second-order valence-electron chi connectivity index (χ2n) is 11.4. The van der Waals surface area contributed by atoms with Gasteiger partial charge in [0.15, 0.2) is 0 Å². The molecule has 3 fully saturated rings. The fourth-order valence-corrected chi connectivity index (χ4v) is 8.36. The molecule has 3 heterocycles. The zero-order valence-electron chi connectivity index (χ0n) is 21.6. The minimum absolute atomic E-state index is 0.0190. The average Bonchev–Trinajstić information content (AvgIpc) is 3.61. The van der Waals surface area contributed by atoms with Crippen molar-refractivity contribution in [3.63, 3.8) is 0 Å². The molecule has 8 heteroatoms. The molecule has 1 spiro atoms. The van der Waals surface area contributed by atoms with Gasteiger partial charge in [-0.15, -0.1) is 0 Å². The Balaban J connectivity index is 1.58. The first kappa shape index (κ1) is 23.8. The number of rotatable bonds is 6. The van der Waals surface area contributed by atoms with Crippen LogP contribution in [0.2, 0.25) is 0 Å². The minimum Gasteiger partial charge on any atom is -0.497 e. The SMILES string of the molecule is CC[C@]12C=CCN3CC[C@@]4(c5ccc(OC)cc5N(C)[C@H]4[C@@](O)(CNC(=O)C4CC4)[C@@H]1OC(C)=O)[C@@H]32. The molecule has 36 heavy (non-hydrogen) atoms. The molecule has 0 radical (unpaired) electrons. The van der Waals surface area contributed by atoms with Crippen LogP contribution in [0.4, 0.5) is 5.69 Å². The lowest BCUT2D eigenvalue weighted by Crippen LogP contribution is -2.81. The first-order valence-electron chi connectivity index (χ1n) is 13.2. The number of hydrogen-bond donors (Lipinski definition) is 2. The van der Waals surface area contributed by atoms with E-state index in [4.69, 9.17) is 9.47 Å². The summed E-state index contributed by atoms with van der Waals surface area (Å²) < 4.78 is 11.7. The second-order valence-corrected chi connectivity index (χ2v) is 11.4. The van der Waals surface area contributed by atoms with Crippen molar-refractivity contribution in [2.75, 3.05) is 38.7 Å². The van der Waals surface area contributed by atoms with E-state index in [1.165, 1.54) is 12.5 Å². The lowest BCUT2D eigenvalue weighted by molar-refractivity contribution is -0.217. The van der Waals surface area contributed by atoms with E-state index < -0.39 is 34.5 Å². The highest BCUT2D eigenvalue weighted by atomic mass is 16.6. The van der Waals surface area contributed by atoms with Crippen LogP contribution in [0.5, 0.6) is 5.75 Å². The molecule has 6 atom stereocenters. The van der Waals surface area contributed by atoms with Crippen molar-refractivity contribution in [1.82, 2.24) is 10.2 Å². The van der Waals surface area contributed by atoms with Crippen molar-refractivity contribution in [2.45, 2.75) is 68.7 Å².